The highest BCUT2D eigenvalue weighted by atomic mass is 32.2. The molecule has 164 valence electrons. The SMILES string of the molecule is CCN(CC)S(=O)(=O)c1ccc(OC)c(NC(=O)CNc2ccccc2C(C)C)c1. The van der Waals surface area contributed by atoms with Crippen LogP contribution >= 0.6 is 0 Å². The number of anilines is 2. The Morgan fingerprint density at radius 3 is 2.33 bits per heavy atom. The van der Waals surface area contributed by atoms with E-state index in [0.29, 0.717) is 30.4 Å². The smallest absolute Gasteiger partial charge is 0.243 e. The van der Waals surface area contributed by atoms with Crippen LogP contribution in [0.3, 0.4) is 0 Å². The number of carbonyl (C=O) groups excluding carboxylic acids is 1. The fraction of sp³-hybridized carbons (Fsp3) is 0.409. The Balaban J connectivity index is 2.20. The minimum Gasteiger partial charge on any atom is -0.495 e. The van der Waals surface area contributed by atoms with E-state index in [4.69, 9.17) is 4.74 Å². The van der Waals surface area contributed by atoms with Gasteiger partial charge < -0.3 is 15.4 Å². The number of nitrogens with zero attached hydrogens (tertiary/aromatic N) is 1. The molecule has 2 aromatic carbocycles. The Morgan fingerprint density at radius 1 is 1.07 bits per heavy atom. The summed E-state index contributed by atoms with van der Waals surface area (Å²) in [6, 6.07) is 12.3. The quantitative estimate of drug-likeness (QED) is 0.593. The highest BCUT2D eigenvalue weighted by Crippen LogP contribution is 2.29. The van der Waals surface area contributed by atoms with Crippen LogP contribution in [0.15, 0.2) is 47.4 Å². The van der Waals surface area contributed by atoms with Crippen LogP contribution in [-0.2, 0) is 14.8 Å². The summed E-state index contributed by atoms with van der Waals surface area (Å²) in [5.41, 5.74) is 2.33. The van der Waals surface area contributed by atoms with Crippen LogP contribution < -0.4 is 15.4 Å². The van der Waals surface area contributed by atoms with E-state index >= 15 is 0 Å². The summed E-state index contributed by atoms with van der Waals surface area (Å²) in [6.07, 6.45) is 0. The molecule has 0 heterocycles. The summed E-state index contributed by atoms with van der Waals surface area (Å²) in [7, 11) is -2.17. The van der Waals surface area contributed by atoms with Gasteiger partial charge in [-0.15, -0.1) is 0 Å². The van der Waals surface area contributed by atoms with Gasteiger partial charge in [0.05, 0.1) is 24.2 Å². The van der Waals surface area contributed by atoms with Gasteiger partial charge in [-0.25, -0.2) is 8.42 Å². The number of hydrogen-bond acceptors (Lipinski definition) is 5. The summed E-state index contributed by atoms with van der Waals surface area (Å²) in [4.78, 5) is 12.7. The topological polar surface area (TPSA) is 87.7 Å². The van der Waals surface area contributed by atoms with E-state index in [0.717, 1.165) is 11.3 Å². The fourth-order valence-electron chi connectivity index (χ4n) is 3.19. The van der Waals surface area contributed by atoms with Crippen molar-refractivity contribution in [3.05, 3.63) is 48.0 Å². The third-order valence-electron chi connectivity index (χ3n) is 4.81. The molecule has 8 heteroatoms. The second-order valence-corrected chi connectivity index (χ2v) is 9.03. The molecule has 2 aromatic rings. The zero-order chi connectivity index (χ0) is 22.3. The number of amides is 1. The third-order valence-corrected chi connectivity index (χ3v) is 6.86. The summed E-state index contributed by atoms with van der Waals surface area (Å²) < 4.78 is 32.3. The summed E-state index contributed by atoms with van der Waals surface area (Å²) >= 11 is 0. The van der Waals surface area contributed by atoms with Crippen molar-refractivity contribution < 1.29 is 17.9 Å². The van der Waals surface area contributed by atoms with E-state index in [-0.39, 0.29) is 17.3 Å². The Morgan fingerprint density at radius 2 is 1.73 bits per heavy atom. The average molecular weight is 434 g/mol. The number of para-hydroxylation sites is 1. The van der Waals surface area contributed by atoms with E-state index in [1.54, 1.807) is 19.9 Å². The van der Waals surface area contributed by atoms with Gasteiger partial charge in [-0.1, -0.05) is 45.9 Å². The lowest BCUT2D eigenvalue weighted by Crippen LogP contribution is -2.30. The van der Waals surface area contributed by atoms with E-state index in [1.165, 1.54) is 23.5 Å². The number of benzene rings is 2. The summed E-state index contributed by atoms with van der Waals surface area (Å²) in [5, 5.41) is 5.91. The van der Waals surface area contributed by atoms with Crippen molar-refractivity contribution in [1.82, 2.24) is 4.31 Å². The monoisotopic (exact) mass is 433 g/mol. The molecule has 0 fully saturated rings. The number of methoxy groups -OCH3 is 1. The highest BCUT2D eigenvalue weighted by molar-refractivity contribution is 7.89. The molecule has 7 nitrogen and oxygen atoms in total. The molecule has 2 rings (SSSR count). The molecular formula is C22H31N3O4S. The molecule has 0 unspecified atom stereocenters. The lowest BCUT2D eigenvalue weighted by molar-refractivity contribution is -0.114. The second-order valence-electron chi connectivity index (χ2n) is 7.10. The van der Waals surface area contributed by atoms with Gasteiger partial charge in [-0.2, -0.15) is 4.31 Å². The molecule has 0 radical (unpaired) electrons. The predicted molar refractivity (Wildman–Crippen MR) is 121 cm³/mol. The highest BCUT2D eigenvalue weighted by Gasteiger charge is 2.23. The largest absolute Gasteiger partial charge is 0.495 e. The van der Waals surface area contributed by atoms with Gasteiger partial charge in [0.1, 0.15) is 5.75 Å². The van der Waals surface area contributed by atoms with Crippen LogP contribution in [0.25, 0.3) is 0 Å². The minimum atomic E-state index is -3.64. The van der Waals surface area contributed by atoms with Gasteiger partial charge in [-0.05, 0) is 35.7 Å². The maximum Gasteiger partial charge on any atom is 0.243 e. The lowest BCUT2D eigenvalue weighted by atomic mass is 10.0. The summed E-state index contributed by atoms with van der Waals surface area (Å²) in [5.74, 6) is 0.410. The van der Waals surface area contributed by atoms with Gasteiger partial charge in [0.15, 0.2) is 0 Å². The molecule has 2 N–H and O–H groups in total. The average Bonchev–Trinajstić information content (AvgIpc) is 2.73. The van der Waals surface area contributed by atoms with E-state index < -0.39 is 10.0 Å². The molecule has 0 atom stereocenters. The van der Waals surface area contributed by atoms with Crippen LogP contribution in [0, 0.1) is 0 Å². The Kier molecular flexibility index (Phi) is 8.25. The van der Waals surface area contributed by atoms with E-state index in [1.807, 2.05) is 24.3 Å². The number of carbonyl (C=O) groups is 1. The molecule has 1 amide bonds. The first kappa shape index (κ1) is 23.7. The number of sulfonamides is 1. The van der Waals surface area contributed by atoms with Gasteiger partial charge in [0.25, 0.3) is 0 Å². The summed E-state index contributed by atoms with van der Waals surface area (Å²) in [6.45, 7) is 8.53. The standard InChI is InChI=1S/C22H31N3O4S/c1-6-25(7-2)30(27,28)17-12-13-21(29-5)20(14-17)24-22(26)15-23-19-11-9-8-10-18(19)16(3)4/h8-14,16,23H,6-7,15H2,1-5H3,(H,24,26). The number of nitrogens with one attached hydrogen (secondary N) is 2. The molecule has 0 saturated carbocycles. The maximum atomic E-state index is 12.8. The molecule has 0 spiro atoms. The molecule has 0 aromatic heterocycles. The fourth-order valence-corrected chi connectivity index (χ4v) is 4.67. The maximum absolute atomic E-state index is 12.8. The van der Waals surface area contributed by atoms with Crippen LogP contribution in [-0.4, -0.2) is 45.4 Å². The second kappa shape index (κ2) is 10.4. The van der Waals surface area contributed by atoms with Gasteiger partial charge in [0, 0.05) is 18.8 Å². The zero-order valence-electron chi connectivity index (χ0n) is 18.2. The Bertz CT molecular complexity index is 970. The molecule has 0 aliphatic heterocycles. The van der Waals surface area contributed by atoms with Crippen molar-refractivity contribution in [3.8, 4) is 5.75 Å². The molecule has 0 saturated heterocycles. The van der Waals surface area contributed by atoms with Crippen molar-refractivity contribution >= 4 is 27.3 Å². The van der Waals surface area contributed by atoms with Crippen molar-refractivity contribution in [3.63, 3.8) is 0 Å². The normalized spacial score (nSPS) is 11.6. The minimum absolute atomic E-state index is 0.0416. The first-order chi connectivity index (χ1) is 14.2. The number of hydrogen-bond donors (Lipinski definition) is 2. The van der Waals surface area contributed by atoms with Crippen molar-refractivity contribution in [2.75, 3.05) is 37.4 Å². The molecule has 30 heavy (non-hydrogen) atoms. The van der Waals surface area contributed by atoms with Gasteiger partial charge in [-0.3, -0.25) is 4.79 Å². The first-order valence-electron chi connectivity index (χ1n) is 10.0. The van der Waals surface area contributed by atoms with Crippen LogP contribution in [0.2, 0.25) is 0 Å². The number of rotatable bonds is 10. The molecule has 0 aliphatic carbocycles. The van der Waals surface area contributed by atoms with Crippen LogP contribution in [0.5, 0.6) is 5.75 Å². The van der Waals surface area contributed by atoms with Crippen molar-refractivity contribution in [2.24, 2.45) is 0 Å². The molecule has 0 bridgehead atoms. The van der Waals surface area contributed by atoms with E-state index in [9.17, 15) is 13.2 Å². The van der Waals surface area contributed by atoms with Crippen LogP contribution in [0.1, 0.15) is 39.2 Å². The molecular weight excluding hydrogens is 402 g/mol. The van der Waals surface area contributed by atoms with E-state index in [2.05, 4.69) is 24.5 Å². The lowest BCUT2D eigenvalue weighted by Gasteiger charge is -2.20. The van der Waals surface area contributed by atoms with Crippen LogP contribution in [0.4, 0.5) is 11.4 Å². The van der Waals surface area contributed by atoms with Crippen molar-refractivity contribution in [1.29, 1.82) is 0 Å². The van der Waals surface area contributed by atoms with Crippen molar-refractivity contribution in [2.45, 2.75) is 38.5 Å². The Labute approximate surface area is 179 Å². The van der Waals surface area contributed by atoms with Gasteiger partial charge >= 0.3 is 0 Å². The third kappa shape index (κ3) is 5.52. The molecule has 0 aliphatic rings. The van der Waals surface area contributed by atoms with Gasteiger partial charge in [0.2, 0.25) is 15.9 Å². The number of ether oxygens (including phenoxy) is 1. The predicted octanol–water partition coefficient (Wildman–Crippen LogP) is 3.90. The zero-order valence-corrected chi connectivity index (χ0v) is 19.0. The first-order valence-corrected chi connectivity index (χ1v) is 11.5. The Hall–Kier alpha value is -2.58.